The fourth-order valence-electron chi connectivity index (χ4n) is 1.42. The zero-order valence-corrected chi connectivity index (χ0v) is 11.2. The highest BCUT2D eigenvalue weighted by Gasteiger charge is 2.25. The molecular formula is C11H10BrNO5. The molecule has 0 saturated heterocycles. The first-order chi connectivity index (χ1) is 8.38. The number of hydrogen-bond donors (Lipinski definition) is 1. The number of ether oxygens (including phenoxy) is 1. The number of methoxy groups -OCH3 is 1. The van der Waals surface area contributed by atoms with E-state index in [-0.39, 0.29) is 22.6 Å². The molecule has 6 nitrogen and oxygen atoms in total. The smallest absolute Gasteiger partial charge is 0.342 e. The summed E-state index contributed by atoms with van der Waals surface area (Å²) in [5.74, 6) is -1.17. The molecule has 0 aliphatic rings. The van der Waals surface area contributed by atoms with Gasteiger partial charge >= 0.3 is 5.97 Å². The number of carbonyl (C=O) groups excluding carboxylic acids is 1. The number of esters is 1. The Morgan fingerprint density at radius 1 is 1.50 bits per heavy atom. The van der Waals surface area contributed by atoms with E-state index in [9.17, 15) is 20.0 Å². The van der Waals surface area contributed by atoms with E-state index in [0.717, 1.165) is 7.11 Å². The van der Waals surface area contributed by atoms with Crippen molar-refractivity contribution in [3.8, 4) is 0 Å². The standard InChI is InChI=1S/C11H10BrNO5/c1-6(14)10(11(15)18-2)8-4-3-7(12)5-9(8)13(16)17/h3-5,14H,1-2H3. The summed E-state index contributed by atoms with van der Waals surface area (Å²) in [6.45, 7) is 1.26. The molecule has 1 rings (SSSR count). The molecule has 0 radical (unpaired) electrons. The maximum atomic E-state index is 11.5. The van der Waals surface area contributed by atoms with E-state index in [1.165, 1.54) is 25.1 Å². The summed E-state index contributed by atoms with van der Waals surface area (Å²) in [6.07, 6.45) is 0. The Balaban J connectivity index is 3.53. The molecule has 0 aromatic heterocycles. The molecule has 1 N–H and O–H groups in total. The average molecular weight is 316 g/mol. The van der Waals surface area contributed by atoms with Gasteiger partial charge in [-0.1, -0.05) is 15.9 Å². The molecule has 0 atom stereocenters. The number of nitrogens with zero attached hydrogens (tertiary/aromatic N) is 1. The second-order valence-corrected chi connectivity index (χ2v) is 4.29. The lowest BCUT2D eigenvalue weighted by atomic mass is 10.0. The summed E-state index contributed by atoms with van der Waals surface area (Å²) < 4.78 is 5.00. The number of carbonyl (C=O) groups is 1. The Labute approximate surface area is 111 Å². The van der Waals surface area contributed by atoms with Crippen LogP contribution in [0.2, 0.25) is 0 Å². The molecule has 0 aliphatic carbocycles. The minimum absolute atomic E-state index is 0.00931. The number of rotatable bonds is 3. The molecule has 0 heterocycles. The van der Waals surface area contributed by atoms with Gasteiger partial charge in [-0.3, -0.25) is 10.1 Å². The maximum Gasteiger partial charge on any atom is 0.342 e. The van der Waals surface area contributed by atoms with Crippen LogP contribution >= 0.6 is 15.9 Å². The van der Waals surface area contributed by atoms with Crippen LogP contribution in [-0.2, 0) is 9.53 Å². The number of halogens is 1. The van der Waals surface area contributed by atoms with Crippen molar-refractivity contribution in [3.63, 3.8) is 0 Å². The van der Waals surface area contributed by atoms with Crippen LogP contribution in [0.25, 0.3) is 5.57 Å². The largest absolute Gasteiger partial charge is 0.512 e. The Morgan fingerprint density at radius 3 is 2.56 bits per heavy atom. The quantitative estimate of drug-likeness (QED) is 0.304. The normalized spacial score (nSPS) is 11.7. The van der Waals surface area contributed by atoms with Crippen LogP contribution in [0.3, 0.4) is 0 Å². The van der Waals surface area contributed by atoms with E-state index in [2.05, 4.69) is 20.7 Å². The molecular weight excluding hydrogens is 306 g/mol. The van der Waals surface area contributed by atoms with Crippen molar-refractivity contribution in [3.05, 3.63) is 44.1 Å². The second-order valence-electron chi connectivity index (χ2n) is 3.37. The van der Waals surface area contributed by atoms with Crippen molar-refractivity contribution < 1.29 is 19.6 Å². The highest BCUT2D eigenvalue weighted by Crippen LogP contribution is 2.31. The molecule has 1 aromatic carbocycles. The minimum atomic E-state index is -0.833. The molecule has 0 amide bonds. The number of aliphatic hydroxyl groups is 1. The summed E-state index contributed by atoms with van der Waals surface area (Å²) in [5.41, 5.74) is -0.509. The molecule has 96 valence electrons. The maximum absolute atomic E-state index is 11.5. The minimum Gasteiger partial charge on any atom is -0.512 e. The molecule has 0 unspecified atom stereocenters. The lowest BCUT2D eigenvalue weighted by molar-refractivity contribution is -0.385. The number of nitro groups is 1. The van der Waals surface area contributed by atoms with Crippen LogP contribution in [-0.4, -0.2) is 23.1 Å². The Bertz CT molecular complexity index is 534. The third-order valence-corrected chi connectivity index (χ3v) is 2.67. The van der Waals surface area contributed by atoms with Crippen molar-refractivity contribution in [2.45, 2.75) is 6.92 Å². The van der Waals surface area contributed by atoms with Gasteiger partial charge in [-0.05, 0) is 19.1 Å². The highest BCUT2D eigenvalue weighted by atomic mass is 79.9. The zero-order valence-electron chi connectivity index (χ0n) is 9.64. The van der Waals surface area contributed by atoms with Crippen molar-refractivity contribution >= 4 is 33.2 Å². The molecule has 0 bridgehead atoms. The Morgan fingerprint density at radius 2 is 2.11 bits per heavy atom. The molecule has 18 heavy (non-hydrogen) atoms. The van der Waals surface area contributed by atoms with Gasteiger partial charge in [0.1, 0.15) is 11.3 Å². The van der Waals surface area contributed by atoms with Gasteiger partial charge in [-0.15, -0.1) is 0 Å². The first-order valence-electron chi connectivity index (χ1n) is 4.81. The lowest BCUT2D eigenvalue weighted by Crippen LogP contribution is -2.08. The van der Waals surface area contributed by atoms with E-state index in [1.54, 1.807) is 0 Å². The SMILES string of the molecule is COC(=O)C(=C(C)O)c1ccc(Br)cc1[N+](=O)[O-]. The summed E-state index contributed by atoms with van der Waals surface area (Å²) in [6, 6.07) is 4.16. The third kappa shape index (κ3) is 2.86. The number of aliphatic hydroxyl groups excluding tert-OH is 1. The van der Waals surface area contributed by atoms with Gasteiger partial charge in [0.05, 0.1) is 17.6 Å². The second kappa shape index (κ2) is 5.63. The van der Waals surface area contributed by atoms with Gasteiger partial charge in [0, 0.05) is 10.5 Å². The van der Waals surface area contributed by atoms with E-state index in [4.69, 9.17) is 0 Å². The van der Waals surface area contributed by atoms with Gasteiger partial charge in [0.25, 0.3) is 5.69 Å². The van der Waals surface area contributed by atoms with Gasteiger partial charge < -0.3 is 9.84 Å². The summed E-state index contributed by atoms with van der Waals surface area (Å²) in [5, 5.41) is 20.4. The van der Waals surface area contributed by atoms with Crippen molar-refractivity contribution in [1.82, 2.24) is 0 Å². The number of benzene rings is 1. The summed E-state index contributed by atoms with van der Waals surface area (Å²) >= 11 is 3.11. The zero-order chi connectivity index (χ0) is 13.9. The highest BCUT2D eigenvalue weighted by molar-refractivity contribution is 9.10. The Hall–Kier alpha value is -1.89. The lowest BCUT2D eigenvalue weighted by Gasteiger charge is -2.08. The van der Waals surface area contributed by atoms with E-state index >= 15 is 0 Å². The van der Waals surface area contributed by atoms with E-state index < -0.39 is 10.9 Å². The van der Waals surface area contributed by atoms with Crippen LogP contribution in [0.1, 0.15) is 12.5 Å². The molecule has 7 heteroatoms. The van der Waals surface area contributed by atoms with Crippen LogP contribution in [0, 0.1) is 10.1 Å². The van der Waals surface area contributed by atoms with Gasteiger partial charge in [-0.25, -0.2) is 4.79 Å². The van der Waals surface area contributed by atoms with Crippen LogP contribution in [0.15, 0.2) is 28.4 Å². The fourth-order valence-corrected chi connectivity index (χ4v) is 1.77. The van der Waals surface area contributed by atoms with E-state index in [0.29, 0.717) is 4.47 Å². The Kier molecular flexibility index (Phi) is 4.43. The molecule has 0 saturated carbocycles. The molecule has 0 aliphatic heterocycles. The average Bonchev–Trinajstić information content (AvgIpc) is 2.30. The number of allylic oxidation sites excluding steroid dienone is 1. The molecule has 1 aromatic rings. The van der Waals surface area contributed by atoms with Crippen LogP contribution in [0.5, 0.6) is 0 Å². The first kappa shape index (κ1) is 14.2. The molecule has 0 spiro atoms. The topological polar surface area (TPSA) is 89.7 Å². The summed E-state index contributed by atoms with van der Waals surface area (Å²) in [4.78, 5) is 21.8. The summed E-state index contributed by atoms with van der Waals surface area (Å²) in [7, 11) is 1.13. The van der Waals surface area contributed by atoms with Gasteiger partial charge in [0.15, 0.2) is 0 Å². The predicted molar refractivity (Wildman–Crippen MR) is 68.0 cm³/mol. The van der Waals surface area contributed by atoms with Gasteiger partial charge in [0.2, 0.25) is 0 Å². The van der Waals surface area contributed by atoms with Crippen LogP contribution in [0.4, 0.5) is 5.69 Å². The fraction of sp³-hybridized carbons (Fsp3) is 0.182. The van der Waals surface area contributed by atoms with Crippen LogP contribution < -0.4 is 0 Å². The van der Waals surface area contributed by atoms with Crippen molar-refractivity contribution in [1.29, 1.82) is 0 Å². The number of hydrogen-bond acceptors (Lipinski definition) is 5. The van der Waals surface area contributed by atoms with Crippen molar-refractivity contribution in [2.75, 3.05) is 7.11 Å². The first-order valence-corrected chi connectivity index (χ1v) is 5.60. The monoisotopic (exact) mass is 315 g/mol. The van der Waals surface area contributed by atoms with Crippen molar-refractivity contribution in [2.24, 2.45) is 0 Å². The number of nitro benzene ring substituents is 1. The van der Waals surface area contributed by atoms with Gasteiger partial charge in [-0.2, -0.15) is 0 Å². The third-order valence-electron chi connectivity index (χ3n) is 2.18. The van der Waals surface area contributed by atoms with E-state index in [1.807, 2.05) is 0 Å². The predicted octanol–water partition coefficient (Wildman–Crippen LogP) is 2.82. The molecule has 0 fully saturated rings.